The summed E-state index contributed by atoms with van der Waals surface area (Å²) in [5, 5.41) is 3.34. The summed E-state index contributed by atoms with van der Waals surface area (Å²) in [6.45, 7) is 6.10. The normalized spacial score (nSPS) is 18.1. The van der Waals surface area contributed by atoms with Gasteiger partial charge >= 0.3 is 0 Å². The molecule has 1 aromatic carbocycles. The molecule has 0 saturated carbocycles. The maximum Gasteiger partial charge on any atom is 0.126 e. The van der Waals surface area contributed by atoms with Crippen molar-refractivity contribution >= 4 is 0 Å². The molecule has 1 N–H and O–H groups in total. The van der Waals surface area contributed by atoms with Crippen molar-refractivity contribution < 1.29 is 4.39 Å². The molecule has 1 fully saturated rings. The zero-order valence-electron chi connectivity index (χ0n) is 9.44. The molecule has 0 amide bonds. The number of aryl methyl sites for hydroxylation is 1. The van der Waals surface area contributed by atoms with Gasteiger partial charge in [0.25, 0.3) is 0 Å². The molecule has 82 valence electrons. The number of halogens is 1. The average molecular weight is 207 g/mol. The molecule has 1 aromatic rings. The van der Waals surface area contributed by atoms with E-state index in [1.165, 1.54) is 11.1 Å². The van der Waals surface area contributed by atoms with Gasteiger partial charge in [-0.3, -0.25) is 0 Å². The zero-order chi connectivity index (χ0) is 10.8. The van der Waals surface area contributed by atoms with Gasteiger partial charge in [0.15, 0.2) is 0 Å². The van der Waals surface area contributed by atoms with Gasteiger partial charge in [-0.1, -0.05) is 6.07 Å². The first kappa shape index (κ1) is 10.6. The summed E-state index contributed by atoms with van der Waals surface area (Å²) in [4.78, 5) is 0. The fourth-order valence-corrected chi connectivity index (χ4v) is 2.58. The summed E-state index contributed by atoms with van der Waals surface area (Å²) < 4.78 is 13.5. The summed E-state index contributed by atoms with van der Waals surface area (Å²) in [6.07, 6.45) is 2.26. The maximum atomic E-state index is 13.5. The second kappa shape index (κ2) is 4.31. The van der Waals surface area contributed by atoms with Crippen LogP contribution in [0.1, 0.15) is 35.4 Å². The Morgan fingerprint density at radius 3 is 2.53 bits per heavy atom. The van der Waals surface area contributed by atoms with Crippen LogP contribution in [0.25, 0.3) is 0 Å². The van der Waals surface area contributed by atoms with Crippen molar-refractivity contribution in [1.29, 1.82) is 0 Å². The molecule has 0 aromatic heterocycles. The lowest BCUT2D eigenvalue weighted by Gasteiger charge is -2.26. The van der Waals surface area contributed by atoms with Crippen LogP contribution in [-0.2, 0) is 0 Å². The molecular formula is C13H18FN. The Balaban J connectivity index is 2.36. The summed E-state index contributed by atoms with van der Waals surface area (Å²) in [6, 6.07) is 3.48. The van der Waals surface area contributed by atoms with Gasteiger partial charge in [0.05, 0.1) is 0 Å². The van der Waals surface area contributed by atoms with Crippen molar-refractivity contribution in [2.75, 3.05) is 13.1 Å². The molecule has 1 heterocycles. The van der Waals surface area contributed by atoms with Crippen LogP contribution in [0.4, 0.5) is 4.39 Å². The predicted octanol–water partition coefficient (Wildman–Crippen LogP) is 2.91. The van der Waals surface area contributed by atoms with Crippen LogP contribution in [-0.4, -0.2) is 13.1 Å². The lowest BCUT2D eigenvalue weighted by Crippen LogP contribution is -2.27. The van der Waals surface area contributed by atoms with Crippen LogP contribution >= 0.6 is 0 Å². The Labute approximate surface area is 90.7 Å². The number of rotatable bonds is 1. The first-order valence-electron chi connectivity index (χ1n) is 5.66. The average Bonchev–Trinajstić information content (AvgIpc) is 2.26. The monoisotopic (exact) mass is 207 g/mol. The van der Waals surface area contributed by atoms with Crippen LogP contribution < -0.4 is 5.32 Å². The summed E-state index contributed by atoms with van der Waals surface area (Å²) in [7, 11) is 0. The number of hydrogen-bond acceptors (Lipinski definition) is 1. The van der Waals surface area contributed by atoms with Gasteiger partial charge in [-0.15, -0.1) is 0 Å². The van der Waals surface area contributed by atoms with E-state index >= 15 is 0 Å². The molecule has 0 unspecified atom stereocenters. The first-order chi connectivity index (χ1) is 7.20. The van der Waals surface area contributed by atoms with E-state index in [0.29, 0.717) is 5.92 Å². The second-order valence-electron chi connectivity index (χ2n) is 4.43. The molecule has 1 saturated heterocycles. The minimum Gasteiger partial charge on any atom is -0.317 e. The van der Waals surface area contributed by atoms with Crippen LogP contribution in [0, 0.1) is 19.7 Å². The minimum absolute atomic E-state index is 0.0610. The maximum absolute atomic E-state index is 13.5. The molecule has 1 aliphatic rings. The lowest BCUT2D eigenvalue weighted by atomic mass is 9.84. The van der Waals surface area contributed by atoms with Crippen LogP contribution in [0.15, 0.2) is 12.1 Å². The van der Waals surface area contributed by atoms with E-state index < -0.39 is 0 Å². The Morgan fingerprint density at radius 2 is 1.87 bits per heavy atom. The molecule has 15 heavy (non-hydrogen) atoms. The van der Waals surface area contributed by atoms with Crippen LogP contribution in [0.3, 0.4) is 0 Å². The molecule has 0 spiro atoms. The molecule has 2 rings (SSSR count). The number of nitrogens with one attached hydrogen (secondary N) is 1. The van der Waals surface area contributed by atoms with Gasteiger partial charge in [-0.25, -0.2) is 4.39 Å². The van der Waals surface area contributed by atoms with E-state index in [9.17, 15) is 4.39 Å². The standard InChI is InChI=1S/C13H18FN/c1-9-3-4-12(14)10(2)13(9)11-5-7-15-8-6-11/h3-4,11,15H,5-8H2,1-2H3. The fourth-order valence-electron chi connectivity index (χ4n) is 2.58. The van der Waals surface area contributed by atoms with E-state index in [1.807, 2.05) is 13.0 Å². The van der Waals surface area contributed by atoms with Gasteiger partial charge in [0, 0.05) is 0 Å². The SMILES string of the molecule is Cc1ccc(F)c(C)c1C1CCNCC1. The number of hydrogen-bond donors (Lipinski definition) is 1. The molecule has 1 nitrogen and oxygen atoms in total. The lowest BCUT2D eigenvalue weighted by molar-refractivity contribution is 0.455. The topological polar surface area (TPSA) is 12.0 Å². The largest absolute Gasteiger partial charge is 0.317 e. The molecule has 0 aliphatic carbocycles. The Hall–Kier alpha value is -0.890. The van der Waals surface area contributed by atoms with Crippen molar-refractivity contribution in [3.05, 3.63) is 34.6 Å². The van der Waals surface area contributed by atoms with E-state index in [1.54, 1.807) is 6.07 Å². The van der Waals surface area contributed by atoms with E-state index in [4.69, 9.17) is 0 Å². The molecule has 0 bridgehead atoms. The molecular weight excluding hydrogens is 189 g/mol. The Kier molecular flexibility index (Phi) is 3.06. The highest BCUT2D eigenvalue weighted by Gasteiger charge is 2.20. The zero-order valence-corrected chi connectivity index (χ0v) is 9.44. The van der Waals surface area contributed by atoms with Gasteiger partial charge in [-0.05, 0) is 68.5 Å². The van der Waals surface area contributed by atoms with E-state index in [0.717, 1.165) is 31.5 Å². The first-order valence-corrected chi connectivity index (χ1v) is 5.66. The molecule has 0 atom stereocenters. The third kappa shape index (κ3) is 2.05. The summed E-state index contributed by atoms with van der Waals surface area (Å²) in [5.74, 6) is 0.482. The second-order valence-corrected chi connectivity index (χ2v) is 4.43. The highest BCUT2D eigenvalue weighted by atomic mass is 19.1. The fraction of sp³-hybridized carbons (Fsp3) is 0.538. The van der Waals surface area contributed by atoms with Gasteiger partial charge < -0.3 is 5.32 Å². The van der Waals surface area contributed by atoms with Gasteiger partial charge in [0.1, 0.15) is 5.82 Å². The highest BCUT2D eigenvalue weighted by Crippen LogP contribution is 2.31. The van der Waals surface area contributed by atoms with Gasteiger partial charge in [0.2, 0.25) is 0 Å². The molecule has 1 aliphatic heterocycles. The van der Waals surface area contributed by atoms with E-state index in [2.05, 4.69) is 12.2 Å². The number of piperidine rings is 1. The highest BCUT2D eigenvalue weighted by molar-refractivity contribution is 5.37. The third-order valence-electron chi connectivity index (χ3n) is 3.41. The molecule has 2 heteroatoms. The molecule has 0 radical (unpaired) electrons. The quantitative estimate of drug-likeness (QED) is 0.746. The van der Waals surface area contributed by atoms with E-state index in [-0.39, 0.29) is 5.82 Å². The van der Waals surface area contributed by atoms with Crippen molar-refractivity contribution in [3.63, 3.8) is 0 Å². The van der Waals surface area contributed by atoms with Crippen molar-refractivity contribution in [2.24, 2.45) is 0 Å². The Morgan fingerprint density at radius 1 is 1.20 bits per heavy atom. The summed E-state index contributed by atoms with van der Waals surface area (Å²) in [5.41, 5.74) is 3.33. The minimum atomic E-state index is -0.0610. The van der Waals surface area contributed by atoms with Gasteiger partial charge in [-0.2, -0.15) is 0 Å². The van der Waals surface area contributed by atoms with Crippen molar-refractivity contribution in [1.82, 2.24) is 5.32 Å². The van der Waals surface area contributed by atoms with Crippen molar-refractivity contribution in [3.8, 4) is 0 Å². The Bertz CT molecular complexity index is 354. The third-order valence-corrected chi connectivity index (χ3v) is 3.41. The smallest absolute Gasteiger partial charge is 0.126 e. The van der Waals surface area contributed by atoms with Crippen LogP contribution in [0.5, 0.6) is 0 Å². The summed E-state index contributed by atoms with van der Waals surface area (Å²) >= 11 is 0. The number of benzene rings is 1. The predicted molar refractivity (Wildman–Crippen MR) is 60.7 cm³/mol. The van der Waals surface area contributed by atoms with Crippen molar-refractivity contribution in [2.45, 2.75) is 32.6 Å². The van der Waals surface area contributed by atoms with Crippen LogP contribution in [0.2, 0.25) is 0 Å².